The topological polar surface area (TPSA) is 102 Å². The number of aliphatic carboxylic acids is 1. The zero-order chi connectivity index (χ0) is 35.1. The van der Waals surface area contributed by atoms with Gasteiger partial charge in [0.1, 0.15) is 6.10 Å². The highest BCUT2D eigenvalue weighted by atomic mass is 16.5. The number of fused-ring (bicyclic) bond motifs is 7. The molecule has 48 heavy (non-hydrogen) atoms. The fraction of sp³-hybridized carbons (Fsp3) is 0.927. The van der Waals surface area contributed by atoms with Crippen molar-refractivity contribution in [3.8, 4) is 0 Å². The third kappa shape index (κ3) is 5.40. The Labute approximate surface area is 290 Å². The van der Waals surface area contributed by atoms with Gasteiger partial charge >= 0.3 is 11.9 Å². The van der Waals surface area contributed by atoms with E-state index >= 15 is 0 Å². The van der Waals surface area contributed by atoms with Crippen molar-refractivity contribution in [2.45, 2.75) is 158 Å². The Balaban J connectivity index is 1.24. The normalized spacial score (nSPS) is 45.0. The van der Waals surface area contributed by atoms with Gasteiger partial charge < -0.3 is 19.9 Å². The highest BCUT2D eigenvalue weighted by Gasteiger charge is 2.72. The molecule has 1 saturated heterocycles. The molecule has 0 aromatic rings. The smallest absolute Gasteiger partial charge is 0.309 e. The van der Waals surface area contributed by atoms with Crippen molar-refractivity contribution in [3.05, 3.63) is 0 Å². The Morgan fingerprint density at radius 3 is 2.25 bits per heavy atom. The molecule has 0 bridgehead atoms. The van der Waals surface area contributed by atoms with Crippen molar-refractivity contribution in [1.29, 1.82) is 0 Å². The van der Waals surface area contributed by atoms with Crippen LogP contribution in [0.4, 0.5) is 0 Å². The number of rotatable bonds is 8. The third-order valence-electron chi connectivity index (χ3n) is 16.7. The number of amides is 1. The summed E-state index contributed by atoms with van der Waals surface area (Å²) in [4.78, 5) is 39.1. The molecular weight excluding hydrogens is 602 g/mol. The molecule has 11 atom stereocenters. The average molecular weight is 670 g/mol. The fourth-order valence-electron chi connectivity index (χ4n) is 13.8. The van der Waals surface area contributed by atoms with Crippen LogP contribution in [0.3, 0.4) is 0 Å². The molecule has 0 spiro atoms. The number of hydrogen-bond acceptors (Lipinski definition) is 5. The summed E-state index contributed by atoms with van der Waals surface area (Å²) in [7, 11) is 0. The van der Waals surface area contributed by atoms with Gasteiger partial charge in [-0.3, -0.25) is 14.4 Å². The molecule has 0 aromatic carbocycles. The molecule has 5 aliphatic carbocycles. The Hall–Kier alpha value is -1.63. The van der Waals surface area contributed by atoms with Gasteiger partial charge in [-0.05, 0) is 143 Å². The van der Waals surface area contributed by atoms with Crippen molar-refractivity contribution in [2.24, 2.45) is 68.0 Å². The molecule has 272 valence electrons. The van der Waals surface area contributed by atoms with Crippen LogP contribution in [0.1, 0.15) is 146 Å². The van der Waals surface area contributed by atoms with E-state index in [-0.39, 0.29) is 51.7 Å². The van der Waals surface area contributed by atoms with Crippen LogP contribution in [0.15, 0.2) is 0 Å². The minimum Gasteiger partial charge on any atom is -0.481 e. The summed E-state index contributed by atoms with van der Waals surface area (Å²) >= 11 is 0. The minimum absolute atomic E-state index is 0.107. The van der Waals surface area contributed by atoms with Crippen molar-refractivity contribution in [1.82, 2.24) is 5.32 Å². The van der Waals surface area contributed by atoms with E-state index in [4.69, 9.17) is 9.47 Å². The lowest BCUT2D eigenvalue weighted by molar-refractivity contribution is -0.250. The monoisotopic (exact) mass is 669 g/mol. The van der Waals surface area contributed by atoms with E-state index in [1.165, 1.54) is 25.7 Å². The van der Waals surface area contributed by atoms with E-state index in [9.17, 15) is 19.5 Å². The summed E-state index contributed by atoms with van der Waals surface area (Å²) in [6.07, 6.45) is 12.9. The number of carbonyl (C=O) groups is 3. The lowest BCUT2D eigenvalue weighted by atomic mass is 9.32. The van der Waals surface area contributed by atoms with Gasteiger partial charge in [-0.15, -0.1) is 0 Å². The lowest BCUT2D eigenvalue weighted by Gasteiger charge is -2.73. The molecule has 1 amide bonds. The molecule has 1 unspecified atom stereocenters. The van der Waals surface area contributed by atoms with Crippen molar-refractivity contribution in [3.63, 3.8) is 0 Å². The third-order valence-corrected chi connectivity index (χ3v) is 16.7. The summed E-state index contributed by atoms with van der Waals surface area (Å²) in [5.41, 5.74) is -1.06. The Morgan fingerprint density at radius 1 is 0.875 bits per heavy atom. The Morgan fingerprint density at radius 2 is 1.60 bits per heavy atom. The second-order valence-electron chi connectivity index (χ2n) is 19.8. The predicted molar refractivity (Wildman–Crippen MR) is 187 cm³/mol. The maximum atomic E-state index is 14.4. The second kappa shape index (κ2) is 12.3. The van der Waals surface area contributed by atoms with E-state index in [1.54, 1.807) is 13.8 Å². The number of carbonyl (C=O) groups excluding carboxylic acids is 2. The van der Waals surface area contributed by atoms with Crippen LogP contribution < -0.4 is 5.32 Å². The maximum Gasteiger partial charge on any atom is 0.309 e. The van der Waals surface area contributed by atoms with Gasteiger partial charge in [-0.25, -0.2) is 0 Å². The molecule has 7 heteroatoms. The highest BCUT2D eigenvalue weighted by Crippen LogP contribution is 2.77. The van der Waals surface area contributed by atoms with Crippen molar-refractivity contribution >= 4 is 17.8 Å². The van der Waals surface area contributed by atoms with Crippen LogP contribution in [-0.2, 0) is 23.9 Å². The Kier molecular flexibility index (Phi) is 9.24. The number of carboxylic acids is 1. The molecule has 0 aromatic heterocycles. The van der Waals surface area contributed by atoms with E-state index in [1.807, 2.05) is 0 Å². The van der Waals surface area contributed by atoms with E-state index in [0.717, 1.165) is 58.0 Å². The maximum absolute atomic E-state index is 14.4. The first-order chi connectivity index (χ1) is 22.3. The van der Waals surface area contributed by atoms with Crippen LogP contribution in [-0.4, -0.2) is 48.3 Å². The highest BCUT2D eigenvalue weighted by molar-refractivity contribution is 5.84. The number of ether oxygens (including phenoxy) is 2. The van der Waals surface area contributed by atoms with Gasteiger partial charge in [0.15, 0.2) is 0 Å². The SMILES string of the molecule is CC(C)[C@@H]1CC[C@]2(C(=O)NCC3CCCO3)CC[C@]3(C)[C@H](CC[C@@H]4[C@@]5(C)CC[C@H](OC(=O)CC(C)(C)C(=O)O)C(C)(C)[C@@H]5CC[C@]43C)[C@@H]12. The van der Waals surface area contributed by atoms with E-state index in [0.29, 0.717) is 48.0 Å². The number of hydrogen-bond donors (Lipinski definition) is 2. The quantitative estimate of drug-likeness (QED) is 0.252. The number of nitrogens with one attached hydrogen (secondary N) is 1. The fourth-order valence-corrected chi connectivity index (χ4v) is 13.8. The van der Waals surface area contributed by atoms with E-state index < -0.39 is 11.4 Å². The number of carboxylic acid groups (broad SMARTS) is 1. The molecule has 6 fully saturated rings. The molecule has 6 rings (SSSR count). The molecule has 1 heterocycles. The Bertz CT molecular complexity index is 1270. The first kappa shape index (κ1) is 36.2. The largest absolute Gasteiger partial charge is 0.481 e. The van der Waals surface area contributed by atoms with Gasteiger partial charge in [-0.1, -0.05) is 48.5 Å². The molecular formula is C41H67NO6. The van der Waals surface area contributed by atoms with Gasteiger partial charge in [0.25, 0.3) is 0 Å². The van der Waals surface area contributed by atoms with Gasteiger partial charge in [0.2, 0.25) is 5.91 Å². The van der Waals surface area contributed by atoms with Gasteiger partial charge in [-0.2, -0.15) is 0 Å². The lowest BCUT2D eigenvalue weighted by Crippen LogP contribution is -2.67. The van der Waals surface area contributed by atoms with Crippen LogP contribution in [0.25, 0.3) is 0 Å². The summed E-state index contributed by atoms with van der Waals surface area (Å²) in [5.74, 6) is 2.13. The van der Waals surface area contributed by atoms with Gasteiger partial charge in [0.05, 0.1) is 23.4 Å². The van der Waals surface area contributed by atoms with Gasteiger partial charge in [0, 0.05) is 18.6 Å². The molecule has 6 aliphatic rings. The zero-order valence-electron chi connectivity index (χ0n) is 31.7. The van der Waals surface area contributed by atoms with Crippen LogP contribution in [0.5, 0.6) is 0 Å². The summed E-state index contributed by atoms with van der Waals surface area (Å²) in [6, 6.07) is 0. The molecule has 7 nitrogen and oxygen atoms in total. The van der Waals surface area contributed by atoms with Crippen LogP contribution in [0.2, 0.25) is 0 Å². The first-order valence-corrected chi connectivity index (χ1v) is 19.7. The first-order valence-electron chi connectivity index (χ1n) is 19.7. The summed E-state index contributed by atoms with van der Waals surface area (Å²) < 4.78 is 12.1. The second-order valence-corrected chi connectivity index (χ2v) is 19.8. The van der Waals surface area contributed by atoms with Crippen LogP contribution in [0, 0.1) is 68.0 Å². The molecule has 0 radical (unpaired) electrons. The zero-order valence-corrected chi connectivity index (χ0v) is 31.7. The minimum atomic E-state index is -1.14. The number of esters is 1. The molecule has 1 aliphatic heterocycles. The van der Waals surface area contributed by atoms with Crippen molar-refractivity contribution in [2.75, 3.05) is 13.2 Å². The standard InChI is InChI=1S/C41H67NO6/c1-25(2)27-14-19-41(34(44)42-24-26-11-10-22-47-26)21-20-39(8)28(33(27)41)12-13-30-38(7)17-16-31(48-32(43)23-36(3,4)35(45)46)37(5,6)29(38)15-18-40(30,39)9/h25-31,33H,10-24H2,1-9H3,(H,42,44)(H,45,46)/t26?,27-,28+,29-,30+,31-,33+,38-,39+,40+,41-/m0/s1. The van der Waals surface area contributed by atoms with Crippen LogP contribution >= 0.6 is 0 Å². The summed E-state index contributed by atoms with van der Waals surface area (Å²) in [5, 5.41) is 13.0. The van der Waals surface area contributed by atoms with Crippen molar-refractivity contribution < 1.29 is 29.0 Å². The molecule has 5 saturated carbocycles. The molecule has 2 N–H and O–H groups in total. The average Bonchev–Trinajstić information content (AvgIpc) is 3.66. The van der Waals surface area contributed by atoms with E-state index in [2.05, 4.69) is 53.8 Å². The predicted octanol–water partition coefficient (Wildman–Crippen LogP) is 8.43. The summed E-state index contributed by atoms with van der Waals surface area (Å²) in [6.45, 7) is 21.9.